The minimum Gasteiger partial charge on any atom is -0.497 e. The van der Waals surface area contributed by atoms with Gasteiger partial charge in [0.15, 0.2) is 4.77 Å². The Labute approximate surface area is 172 Å². The summed E-state index contributed by atoms with van der Waals surface area (Å²) < 4.78 is 13.1. The first-order valence-electron chi connectivity index (χ1n) is 9.45. The highest BCUT2D eigenvalue weighted by atomic mass is 32.1. The van der Waals surface area contributed by atoms with Crippen LogP contribution in [-0.2, 0) is 24.2 Å². The number of rotatable bonds is 8. The molecule has 0 saturated carbocycles. The summed E-state index contributed by atoms with van der Waals surface area (Å²) in [5.74, 6) is 1.30. The Morgan fingerprint density at radius 3 is 2.90 bits per heavy atom. The van der Waals surface area contributed by atoms with E-state index in [0.29, 0.717) is 41.1 Å². The molecule has 2 heterocycles. The molecule has 3 aromatic rings. The van der Waals surface area contributed by atoms with Gasteiger partial charge in [-0.15, -0.1) is 0 Å². The summed E-state index contributed by atoms with van der Waals surface area (Å²) in [4.78, 5) is 24.6. The van der Waals surface area contributed by atoms with Gasteiger partial charge in [0.25, 0.3) is 0 Å². The molecule has 154 valence electrons. The van der Waals surface area contributed by atoms with Crippen LogP contribution in [0.3, 0.4) is 0 Å². The monoisotopic (exact) mass is 416 g/mol. The predicted molar refractivity (Wildman–Crippen MR) is 112 cm³/mol. The van der Waals surface area contributed by atoms with Gasteiger partial charge in [-0.2, -0.15) is 5.10 Å². The summed E-state index contributed by atoms with van der Waals surface area (Å²) in [5.41, 5.74) is 1.40. The average molecular weight is 417 g/mol. The number of carbonyl (C=O) groups is 1. The highest BCUT2D eigenvalue weighted by Gasteiger charge is 2.14. The Bertz CT molecular complexity index is 1150. The van der Waals surface area contributed by atoms with Crippen molar-refractivity contribution in [1.82, 2.24) is 20.1 Å². The molecule has 1 aromatic carbocycles. The fraction of sp³-hybridized carbons (Fsp3) is 0.400. The zero-order valence-corrected chi connectivity index (χ0v) is 17.5. The predicted octanol–water partition coefficient (Wildman–Crippen LogP) is 2.68. The van der Waals surface area contributed by atoms with E-state index in [1.807, 2.05) is 30.5 Å². The fourth-order valence-corrected chi connectivity index (χ4v) is 3.58. The molecule has 0 aliphatic rings. The van der Waals surface area contributed by atoms with Gasteiger partial charge in [0.1, 0.15) is 17.2 Å². The first-order chi connectivity index (χ1) is 13.9. The lowest BCUT2D eigenvalue weighted by molar-refractivity contribution is -0.121. The number of nitrogens with zero attached hydrogens (tertiary/aromatic N) is 2. The van der Waals surface area contributed by atoms with Crippen molar-refractivity contribution in [2.75, 3.05) is 13.7 Å². The lowest BCUT2D eigenvalue weighted by atomic mass is 10.0. The fourth-order valence-electron chi connectivity index (χ4n) is 3.30. The largest absolute Gasteiger partial charge is 0.497 e. The molecule has 0 unspecified atom stereocenters. The summed E-state index contributed by atoms with van der Waals surface area (Å²) >= 11 is 5.15. The van der Waals surface area contributed by atoms with Crippen molar-refractivity contribution < 1.29 is 13.9 Å². The molecule has 1 amide bonds. The van der Waals surface area contributed by atoms with E-state index in [1.54, 1.807) is 13.2 Å². The third-order valence-corrected chi connectivity index (χ3v) is 5.23. The van der Waals surface area contributed by atoms with Crippen LogP contribution in [0.5, 0.6) is 5.75 Å². The first-order valence-corrected chi connectivity index (χ1v) is 9.86. The average Bonchev–Trinajstić information content (AvgIpc) is 3.06. The molecule has 0 aliphatic carbocycles. The maximum Gasteiger partial charge on any atom is 0.339 e. The molecule has 29 heavy (non-hydrogen) atoms. The molecule has 2 N–H and O–H groups in total. The second kappa shape index (κ2) is 9.04. The topological polar surface area (TPSA) is 102 Å². The van der Waals surface area contributed by atoms with Gasteiger partial charge in [0, 0.05) is 42.9 Å². The number of aromatic nitrogens is 3. The highest BCUT2D eigenvalue weighted by Crippen LogP contribution is 2.24. The van der Waals surface area contributed by atoms with Crippen molar-refractivity contribution in [2.24, 2.45) is 0 Å². The molecule has 0 bridgehead atoms. The van der Waals surface area contributed by atoms with Gasteiger partial charge in [-0.05, 0) is 50.2 Å². The van der Waals surface area contributed by atoms with Gasteiger partial charge in [0.2, 0.25) is 5.91 Å². The molecule has 0 fully saturated rings. The molecule has 0 atom stereocenters. The Hall–Kier alpha value is -2.94. The number of aromatic amines is 1. The van der Waals surface area contributed by atoms with Crippen LogP contribution in [0, 0.1) is 11.7 Å². The van der Waals surface area contributed by atoms with Gasteiger partial charge in [-0.1, -0.05) is 0 Å². The molecule has 0 aliphatic heterocycles. The molecule has 0 radical (unpaired) electrons. The smallest absolute Gasteiger partial charge is 0.339 e. The van der Waals surface area contributed by atoms with Crippen molar-refractivity contribution in [3.63, 3.8) is 0 Å². The number of hydrogen-bond acceptors (Lipinski definition) is 6. The summed E-state index contributed by atoms with van der Waals surface area (Å²) in [5, 5.41) is 10.6. The molecular weight excluding hydrogens is 392 g/mol. The van der Waals surface area contributed by atoms with E-state index in [1.165, 1.54) is 0 Å². The van der Waals surface area contributed by atoms with Crippen LogP contribution >= 0.6 is 12.2 Å². The number of H-pyrrole nitrogens is 1. The quantitative estimate of drug-likeness (QED) is 0.432. The maximum atomic E-state index is 12.4. The minimum atomic E-state index is -0.422. The zero-order chi connectivity index (χ0) is 21.0. The summed E-state index contributed by atoms with van der Waals surface area (Å²) in [6.45, 7) is 5.03. The molecule has 8 nitrogen and oxygen atoms in total. The number of fused-ring (bicyclic) bond motifs is 1. The molecular formula is C20H24N4O4S. The molecule has 3 rings (SSSR count). The van der Waals surface area contributed by atoms with E-state index in [9.17, 15) is 9.59 Å². The van der Waals surface area contributed by atoms with Crippen molar-refractivity contribution in [2.45, 2.75) is 39.7 Å². The number of nitrogens with one attached hydrogen (secondary N) is 2. The van der Waals surface area contributed by atoms with Crippen LogP contribution in [0.15, 0.2) is 27.4 Å². The number of ether oxygens (including phenoxy) is 1. The first kappa shape index (κ1) is 20.8. The Morgan fingerprint density at radius 2 is 2.17 bits per heavy atom. The van der Waals surface area contributed by atoms with Crippen molar-refractivity contribution in [3.05, 3.63) is 50.3 Å². The van der Waals surface area contributed by atoms with Gasteiger partial charge in [-0.25, -0.2) is 4.79 Å². The van der Waals surface area contributed by atoms with Crippen LogP contribution in [0.1, 0.15) is 30.3 Å². The van der Waals surface area contributed by atoms with Crippen LogP contribution in [0.2, 0.25) is 0 Å². The number of carbonyl (C=O) groups excluding carboxylic acids is 1. The number of hydrogen-bond donors (Lipinski definition) is 2. The number of methoxy groups -OCH3 is 1. The second-order valence-electron chi connectivity index (χ2n) is 6.64. The third kappa shape index (κ3) is 4.56. The van der Waals surface area contributed by atoms with Gasteiger partial charge >= 0.3 is 5.63 Å². The van der Waals surface area contributed by atoms with E-state index < -0.39 is 5.63 Å². The maximum absolute atomic E-state index is 12.4. The van der Waals surface area contributed by atoms with E-state index >= 15 is 0 Å². The van der Waals surface area contributed by atoms with E-state index in [4.69, 9.17) is 21.4 Å². The van der Waals surface area contributed by atoms with E-state index in [0.717, 1.165) is 23.3 Å². The lowest BCUT2D eigenvalue weighted by Gasteiger charge is -2.09. The van der Waals surface area contributed by atoms with Crippen LogP contribution in [0.4, 0.5) is 0 Å². The van der Waals surface area contributed by atoms with Gasteiger partial charge < -0.3 is 19.0 Å². The summed E-state index contributed by atoms with van der Waals surface area (Å²) in [6.07, 6.45) is 1.09. The van der Waals surface area contributed by atoms with Gasteiger partial charge in [0.05, 0.1) is 7.11 Å². The molecule has 0 spiro atoms. The van der Waals surface area contributed by atoms with Crippen molar-refractivity contribution >= 4 is 29.1 Å². The number of aryl methyl sites for hydroxylation is 1. The molecule has 9 heteroatoms. The molecule has 0 saturated heterocycles. The van der Waals surface area contributed by atoms with Crippen molar-refractivity contribution in [1.29, 1.82) is 0 Å². The van der Waals surface area contributed by atoms with Crippen LogP contribution in [0.25, 0.3) is 11.0 Å². The standard InChI is InChI=1S/C20H24N4O4S/c1-4-24-17(22-23-20(24)29)9-10-21-18(25)8-7-15-12(2)14-6-5-13(27-3)11-16(14)28-19(15)26/h5-6,11H,4,7-10H2,1-3H3,(H,21,25)(H,23,29). The van der Waals surface area contributed by atoms with Crippen LogP contribution in [-0.4, -0.2) is 34.3 Å². The highest BCUT2D eigenvalue weighted by molar-refractivity contribution is 7.71. The third-order valence-electron chi connectivity index (χ3n) is 4.92. The minimum absolute atomic E-state index is 0.129. The summed E-state index contributed by atoms with van der Waals surface area (Å²) in [7, 11) is 1.56. The Kier molecular flexibility index (Phi) is 6.48. The second-order valence-corrected chi connectivity index (χ2v) is 7.03. The van der Waals surface area contributed by atoms with Crippen LogP contribution < -0.4 is 15.7 Å². The number of benzene rings is 1. The van der Waals surface area contributed by atoms with E-state index in [-0.39, 0.29) is 12.3 Å². The van der Waals surface area contributed by atoms with E-state index in [2.05, 4.69) is 15.5 Å². The Balaban J connectivity index is 1.62. The Morgan fingerprint density at radius 1 is 1.38 bits per heavy atom. The SMILES string of the molecule is CCn1c(CCNC(=O)CCc2c(C)c3ccc(OC)cc3oc2=O)n[nH]c1=S. The van der Waals surface area contributed by atoms with Crippen molar-refractivity contribution in [3.8, 4) is 5.75 Å². The van der Waals surface area contributed by atoms with Gasteiger partial charge in [-0.3, -0.25) is 9.89 Å². The normalized spacial score (nSPS) is 11.0. The number of amides is 1. The lowest BCUT2D eigenvalue weighted by Crippen LogP contribution is -2.27. The summed E-state index contributed by atoms with van der Waals surface area (Å²) in [6, 6.07) is 5.36. The zero-order valence-electron chi connectivity index (χ0n) is 16.7. The molecule has 2 aromatic heterocycles.